The molecule has 72 valence electrons. The van der Waals surface area contributed by atoms with Crippen LogP contribution in [0.3, 0.4) is 0 Å². The Balaban J connectivity index is 2.32. The van der Waals surface area contributed by atoms with Crippen molar-refractivity contribution in [3.63, 3.8) is 0 Å². The number of nitriles is 1. The lowest BCUT2D eigenvalue weighted by Gasteiger charge is -2.10. The number of anilines is 1. The van der Waals surface area contributed by atoms with Crippen LogP contribution in [0.5, 0.6) is 5.75 Å². The molecular formula is C10H11N3O. The van der Waals surface area contributed by atoms with Gasteiger partial charge in [-0.15, -0.1) is 0 Å². The highest BCUT2D eigenvalue weighted by atomic mass is 16.5. The van der Waals surface area contributed by atoms with Crippen LogP contribution in [-0.4, -0.2) is 18.1 Å². The summed E-state index contributed by atoms with van der Waals surface area (Å²) in [6, 6.07) is 3.81. The molecule has 0 saturated heterocycles. The topological polar surface area (TPSA) is 57.9 Å². The van der Waals surface area contributed by atoms with Crippen molar-refractivity contribution in [1.82, 2.24) is 4.98 Å². The first-order valence-electron chi connectivity index (χ1n) is 4.58. The van der Waals surface area contributed by atoms with E-state index in [-0.39, 0.29) is 0 Å². The second-order valence-corrected chi connectivity index (χ2v) is 3.21. The van der Waals surface area contributed by atoms with Gasteiger partial charge in [-0.3, -0.25) is 0 Å². The van der Waals surface area contributed by atoms with Crippen LogP contribution in [0.2, 0.25) is 0 Å². The summed E-state index contributed by atoms with van der Waals surface area (Å²) >= 11 is 0. The number of nitrogens with one attached hydrogen (secondary N) is 1. The minimum atomic E-state index is 0.330. The van der Waals surface area contributed by atoms with E-state index in [9.17, 15) is 0 Å². The van der Waals surface area contributed by atoms with E-state index in [1.807, 2.05) is 6.07 Å². The maximum Gasteiger partial charge on any atom is 0.167 e. The van der Waals surface area contributed by atoms with Crippen LogP contribution in [0.4, 0.5) is 5.69 Å². The summed E-state index contributed by atoms with van der Waals surface area (Å²) in [5, 5.41) is 11.8. The molecule has 14 heavy (non-hydrogen) atoms. The molecule has 4 nitrogen and oxygen atoms in total. The molecule has 0 unspecified atom stereocenters. The molecule has 0 atom stereocenters. The van der Waals surface area contributed by atoms with Crippen molar-refractivity contribution in [2.45, 2.75) is 18.9 Å². The van der Waals surface area contributed by atoms with E-state index in [0.717, 1.165) is 18.6 Å². The summed E-state index contributed by atoms with van der Waals surface area (Å²) < 4.78 is 5.64. The van der Waals surface area contributed by atoms with Crippen LogP contribution < -0.4 is 10.1 Å². The normalized spacial score (nSPS) is 14.6. The SMILES string of the molecule is CNc1c(OC2CC2)ccnc1C#N. The van der Waals surface area contributed by atoms with Crippen molar-refractivity contribution in [2.75, 3.05) is 12.4 Å². The fourth-order valence-electron chi connectivity index (χ4n) is 1.23. The molecule has 1 aromatic rings. The zero-order valence-electron chi connectivity index (χ0n) is 7.95. The third-order valence-electron chi connectivity index (χ3n) is 2.09. The number of ether oxygens (including phenoxy) is 1. The van der Waals surface area contributed by atoms with Crippen molar-refractivity contribution >= 4 is 5.69 Å². The van der Waals surface area contributed by atoms with Gasteiger partial charge in [0, 0.05) is 19.3 Å². The van der Waals surface area contributed by atoms with Gasteiger partial charge >= 0.3 is 0 Å². The molecule has 0 amide bonds. The van der Waals surface area contributed by atoms with Crippen LogP contribution in [0.15, 0.2) is 12.3 Å². The monoisotopic (exact) mass is 189 g/mol. The average Bonchev–Trinajstić information content (AvgIpc) is 3.01. The fraction of sp³-hybridized carbons (Fsp3) is 0.400. The molecule has 1 heterocycles. The number of hydrogen-bond acceptors (Lipinski definition) is 4. The standard InChI is InChI=1S/C10H11N3O/c1-12-10-8(6-11)13-5-4-9(10)14-7-2-3-7/h4-5,7,12H,2-3H2,1H3. The Labute approximate surface area is 82.5 Å². The second kappa shape index (κ2) is 3.54. The first kappa shape index (κ1) is 8.82. The van der Waals surface area contributed by atoms with Gasteiger partial charge in [0.25, 0.3) is 0 Å². The Morgan fingerprint density at radius 3 is 3.00 bits per heavy atom. The summed E-state index contributed by atoms with van der Waals surface area (Å²) in [5.74, 6) is 0.724. The Kier molecular flexibility index (Phi) is 2.23. The smallest absolute Gasteiger partial charge is 0.167 e. The zero-order chi connectivity index (χ0) is 9.97. The number of aromatic nitrogens is 1. The van der Waals surface area contributed by atoms with Crippen LogP contribution in [-0.2, 0) is 0 Å². The summed E-state index contributed by atoms with van der Waals surface area (Å²) in [6.07, 6.45) is 4.13. The Hall–Kier alpha value is -1.76. The Morgan fingerprint density at radius 1 is 1.64 bits per heavy atom. The van der Waals surface area contributed by atoms with Gasteiger partial charge in [0.15, 0.2) is 5.69 Å². The molecule has 1 aromatic heterocycles. The third kappa shape index (κ3) is 1.62. The first-order valence-corrected chi connectivity index (χ1v) is 4.58. The van der Waals surface area contributed by atoms with Gasteiger partial charge in [0.1, 0.15) is 17.5 Å². The molecule has 1 aliphatic carbocycles. The maximum atomic E-state index is 8.82. The lowest BCUT2D eigenvalue weighted by molar-refractivity contribution is 0.304. The van der Waals surface area contributed by atoms with Gasteiger partial charge in [-0.1, -0.05) is 0 Å². The van der Waals surface area contributed by atoms with Gasteiger partial charge in [-0.05, 0) is 12.8 Å². The van der Waals surface area contributed by atoms with Gasteiger partial charge in [0.05, 0.1) is 6.10 Å². The van der Waals surface area contributed by atoms with Gasteiger partial charge in [0.2, 0.25) is 0 Å². The number of nitrogens with zero attached hydrogens (tertiary/aromatic N) is 2. The molecule has 1 fully saturated rings. The predicted octanol–water partition coefficient (Wildman–Crippen LogP) is 1.54. The minimum Gasteiger partial charge on any atom is -0.488 e. The minimum absolute atomic E-state index is 0.330. The van der Waals surface area contributed by atoms with Gasteiger partial charge in [-0.25, -0.2) is 4.98 Å². The molecule has 1 aliphatic rings. The molecule has 0 aromatic carbocycles. The van der Waals surface area contributed by atoms with E-state index in [0.29, 0.717) is 17.5 Å². The quantitative estimate of drug-likeness (QED) is 0.783. The largest absolute Gasteiger partial charge is 0.488 e. The van der Waals surface area contributed by atoms with E-state index in [1.165, 1.54) is 0 Å². The molecule has 4 heteroatoms. The van der Waals surface area contributed by atoms with E-state index < -0.39 is 0 Å². The summed E-state index contributed by atoms with van der Waals surface area (Å²) in [6.45, 7) is 0. The van der Waals surface area contributed by atoms with Crippen LogP contribution >= 0.6 is 0 Å². The van der Waals surface area contributed by atoms with Crippen LogP contribution in [0.1, 0.15) is 18.5 Å². The maximum absolute atomic E-state index is 8.82. The van der Waals surface area contributed by atoms with Crippen molar-refractivity contribution in [3.8, 4) is 11.8 Å². The zero-order valence-corrected chi connectivity index (χ0v) is 7.95. The lowest BCUT2D eigenvalue weighted by Crippen LogP contribution is -2.03. The van der Waals surface area contributed by atoms with Crippen LogP contribution in [0.25, 0.3) is 0 Å². The summed E-state index contributed by atoms with van der Waals surface area (Å²) in [7, 11) is 1.76. The molecule has 0 spiro atoms. The van der Waals surface area contributed by atoms with Crippen molar-refractivity contribution in [3.05, 3.63) is 18.0 Å². The molecule has 1 N–H and O–H groups in total. The summed E-state index contributed by atoms with van der Waals surface area (Å²) in [4.78, 5) is 3.95. The average molecular weight is 189 g/mol. The van der Waals surface area contributed by atoms with E-state index >= 15 is 0 Å². The Morgan fingerprint density at radius 2 is 2.43 bits per heavy atom. The number of hydrogen-bond donors (Lipinski definition) is 1. The number of rotatable bonds is 3. The van der Waals surface area contributed by atoms with Gasteiger partial charge < -0.3 is 10.1 Å². The highest BCUT2D eigenvalue weighted by molar-refractivity contribution is 5.63. The highest BCUT2D eigenvalue weighted by Crippen LogP contribution is 2.32. The second-order valence-electron chi connectivity index (χ2n) is 3.21. The highest BCUT2D eigenvalue weighted by Gasteiger charge is 2.25. The van der Waals surface area contributed by atoms with E-state index in [1.54, 1.807) is 19.3 Å². The van der Waals surface area contributed by atoms with E-state index in [4.69, 9.17) is 10.00 Å². The number of pyridine rings is 1. The third-order valence-corrected chi connectivity index (χ3v) is 2.09. The predicted molar refractivity (Wildman–Crippen MR) is 52.1 cm³/mol. The molecular weight excluding hydrogens is 178 g/mol. The van der Waals surface area contributed by atoms with Crippen molar-refractivity contribution in [2.24, 2.45) is 0 Å². The molecule has 2 rings (SSSR count). The molecule has 1 saturated carbocycles. The first-order chi connectivity index (χ1) is 6.85. The van der Waals surface area contributed by atoms with E-state index in [2.05, 4.69) is 10.3 Å². The van der Waals surface area contributed by atoms with Crippen molar-refractivity contribution < 1.29 is 4.74 Å². The molecule has 0 aliphatic heterocycles. The Bertz CT molecular complexity index is 379. The van der Waals surface area contributed by atoms with Crippen molar-refractivity contribution in [1.29, 1.82) is 5.26 Å². The summed E-state index contributed by atoms with van der Waals surface area (Å²) in [5.41, 5.74) is 1.06. The fourth-order valence-corrected chi connectivity index (χ4v) is 1.23. The molecule has 0 radical (unpaired) electrons. The molecule has 0 bridgehead atoms. The van der Waals surface area contributed by atoms with Gasteiger partial charge in [-0.2, -0.15) is 5.26 Å². The lowest BCUT2D eigenvalue weighted by atomic mass is 10.3. The van der Waals surface area contributed by atoms with Crippen LogP contribution in [0, 0.1) is 11.3 Å².